The van der Waals surface area contributed by atoms with Gasteiger partial charge in [0.1, 0.15) is 23.2 Å². The Kier molecular flexibility index (Phi) is 9.75. The predicted octanol–water partition coefficient (Wildman–Crippen LogP) is 2.83. The Bertz CT molecular complexity index is 941. The molecular weight excluding hydrogens is 446 g/mol. The maximum Gasteiger partial charge on any atom is 0.344 e. The molecule has 9 nitrogen and oxygen atoms in total. The Morgan fingerprint density at radius 3 is 2.66 bits per heavy atom. The van der Waals surface area contributed by atoms with Crippen LogP contribution < -0.4 is 15.4 Å². The van der Waals surface area contributed by atoms with Crippen molar-refractivity contribution in [2.75, 3.05) is 38.1 Å². The van der Waals surface area contributed by atoms with E-state index in [2.05, 4.69) is 15.0 Å². The zero-order chi connectivity index (χ0) is 23.7. The minimum atomic E-state index is -1.39. The number of ether oxygens (including phenoxy) is 1. The number of hydrogen-bond donors (Lipinski definition) is 4. The number of carbonyl (C=O) groups is 2. The van der Waals surface area contributed by atoms with Gasteiger partial charge in [-0.15, -0.1) is 0 Å². The van der Waals surface area contributed by atoms with Crippen molar-refractivity contribution in [2.45, 2.75) is 26.9 Å². The van der Waals surface area contributed by atoms with Crippen LogP contribution in [0.25, 0.3) is 0 Å². The third-order valence-corrected chi connectivity index (χ3v) is 5.34. The molecule has 2 aromatic rings. The van der Waals surface area contributed by atoms with E-state index in [1.54, 1.807) is 0 Å². The van der Waals surface area contributed by atoms with Gasteiger partial charge in [0.15, 0.2) is 5.56 Å². The van der Waals surface area contributed by atoms with Gasteiger partial charge in [-0.1, -0.05) is 6.92 Å². The van der Waals surface area contributed by atoms with Crippen molar-refractivity contribution < 1.29 is 33.3 Å². The molecule has 0 aliphatic heterocycles. The Hall–Kier alpha value is -2.83. The van der Waals surface area contributed by atoms with E-state index in [1.165, 1.54) is 6.92 Å². The molecule has 176 valence electrons. The minimum Gasteiger partial charge on any atom is -0.477 e. The summed E-state index contributed by atoms with van der Waals surface area (Å²) in [5.41, 5.74) is -0.329. The molecule has 0 fully saturated rings. The molecule has 1 heterocycles. The van der Waals surface area contributed by atoms with Crippen LogP contribution in [0.4, 0.5) is 18.6 Å². The number of carbonyl (C=O) groups excluding carboxylic acids is 1. The number of aliphatic hydroxyl groups is 1. The molecular formula is C20H26F2N4O5S. The molecule has 1 aromatic carbocycles. The third-order valence-electron chi connectivity index (χ3n) is 4.59. The first-order valence-corrected chi connectivity index (χ1v) is 10.7. The van der Waals surface area contributed by atoms with Crippen LogP contribution in [0.5, 0.6) is 5.88 Å². The monoisotopic (exact) mass is 472 g/mol. The van der Waals surface area contributed by atoms with E-state index in [0.29, 0.717) is 37.6 Å². The average Bonchev–Trinajstić information content (AvgIpc) is 3.14. The standard InChI is InChI=1S/C20H26F2N4O5S/c1-3-26(7-8-27)6-4-5-23-20(30)24-18-16(19(28)29)17(25-32-18)31-11-13-10-14(21)12(2)9-15(13)22/h9-10,27H,3-8,11H2,1-2H3,(H,28,29)(H2,23,24,30). The quantitative estimate of drug-likeness (QED) is 0.350. The summed E-state index contributed by atoms with van der Waals surface area (Å²) in [4.78, 5) is 25.8. The predicted molar refractivity (Wildman–Crippen MR) is 115 cm³/mol. The van der Waals surface area contributed by atoms with Crippen molar-refractivity contribution in [1.29, 1.82) is 0 Å². The minimum absolute atomic E-state index is 0.0453. The number of carboxylic acids is 1. The van der Waals surface area contributed by atoms with E-state index in [1.807, 2.05) is 11.8 Å². The summed E-state index contributed by atoms with van der Waals surface area (Å²) in [7, 11) is 0. The molecule has 1 aromatic heterocycles. The van der Waals surface area contributed by atoms with Gasteiger partial charge in [0.05, 0.1) is 6.61 Å². The number of aromatic nitrogens is 1. The summed E-state index contributed by atoms with van der Waals surface area (Å²) >= 11 is 0.700. The van der Waals surface area contributed by atoms with Crippen molar-refractivity contribution in [3.05, 3.63) is 40.5 Å². The number of aliphatic hydroxyl groups excluding tert-OH is 1. The molecule has 4 N–H and O–H groups in total. The number of aryl methyl sites for hydroxylation is 1. The van der Waals surface area contributed by atoms with Crippen molar-refractivity contribution in [2.24, 2.45) is 0 Å². The van der Waals surface area contributed by atoms with Gasteiger partial charge in [0.2, 0.25) is 5.88 Å². The maximum absolute atomic E-state index is 14.0. The Labute approximate surface area is 188 Å². The molecule has 0 spiro atoms. The highest BCUT2D eigenvalue weighted by Crippen LogP contribution is 2.31. The number of carboxylic acid groups (broad SMARTS) is 1. The van der Waals surface area contributed by atoms with Gasteiger partial charge in [-0.25, -0.2) is 18.4 Å². The highest BCUT2D eigenvalue weighted by Gasteiger charge is 2.24. The van der Waals surface area contributed by atoms with E-state index in [9.17, 15) is 23.5 Å². The van der Waals surface area contributed by atoms with Crippen LogP contribution in [0.1, 0.15) is 34.8 Å². The van der Waals surface area contributed by atoms with Crippen molar-refractivity contribution in [1.82, 2.24) is 14.6 Å². The number of likely N-dealkylation sites (N-methyl/N-ethyl adjacent to an activating group) is 1. The normalized spacial score (nSPS) is 10.9. The topological polar surface area (TPSA) is 124 Å². The highest BCUT2D eigenvalue weighted by atomic mass is 32.1. The SMILES string of the molecule is CCN(CCO)CCCNC(=O)Nc1snc(OCc2cc(F)c(C)cc2F)c1C(=O)O. The molecule has 32 heavy (non-hydrogen) atoms. The summed E-state index contributed by atoms with van der Waals surface area (Å²) < 4.78 is 36.8. The number of halogens is 2. The van der Waals surface area contributed by atoms with Crippen LogP contribution in [0.15, 0.2) is 12.1 Å². The van der Waals surface area contributed by atoms with Gasteiger partial charge >= 0.3 is 12.0 Å². The van der Waals surface area contributed by atoms with Gasteiger partial charge in [0, 0.05) is 18.7 Å². The van der Waals surface area contributed by atoms with Crippen molar-refractivity contribution in [3.63, 3.8) is 0 Å². The number of amides is 2. The molecule has 0 radical (unpaired) electrons. The van der Waals surface area contributed by atoms with Crippen LogP contribution in [0.2, 0.25) is 0 Å². The number of hydrogen-bond acceptors (Lipinski definition) is 7. The first kappa shape index (κ1) is 25.4. The molecule has 12 heteroatoms. The van der Waals surface area contributed by atoms with Gasteiger partial charge in [0.25, 0.3) is 0 Å². The number of nitrogens with zero attached hydrogens (tertiary/aromatic N) is 2. The van der Waals surface area contributed by atoms with Crippen LogP contribution >= 0.6 is 11.5 Å². The number of anilines is 1. The smallest absolute Gasteiger partial charge is 0.344 e. The van der Waals surface area contributed by atoms with Crippen molar-refractivity contribution >= 4 is 28.5 Å². The lowest BCUT2D eigenvalue weighted by molar-refractivity contribution is 0.0693. The average molecular weight is 473 g/mol. The maximum atomic E-state index is 14.0. The van der Waals surface area contributed by atoms with Crippen LogP contribution in [-0.4, -0.2) is 64.3 Å². The second-order valence-corrected chi connectivity index (χ2v) is 7.64. The molecule has 2 rings (SSSR count). The number of benzene rings is 1. The zero-order valence-electron chi connectivity index (χ0n) is 17.8. The zero-order valence-corrected chi connectivity index (χ0v) is 18.6. The molecule has 0 unspecified atom stereocenters. The molecule has 0 aliphatic rings. The largest absolute Gasteiger partial charge is 0.477 e. The lowest BCUT2D eigenvalue weighted by atomic mass is 10.1. The number of rotatable bonds is 12. The Balaban J connectivity index is 1.95. The van der Waals surface area contributed by atoms with Gasteiger partial charge < -0.3 is 25.2 Å². The van der Waals surface area contributed by atoms with Crippen LogP contribution in [0.3, 0.4) is 0 Å². The molecule has 2 amide bonds. The lowest BCUT2D eigenvalue weighted by Gasteiger charge is -2.18. The number of aromatic carboxylic acids is 1. The van der Waals surface area contributed by atoms with Crippen LogP contribution in [0, 0.1) is 18.6 Å². The fourth-order valence-electron chi connectivity index (χ4n) is 2.81. The van der Waals surface area contributed by atoms with Crippen molar-refractivity contribution in [3.8, 4) is 5.88 Å². The van der Waals surface area contributed by atoms with Gasteiger partial charge in [-0.3, -0.25) is 5.32 Å². The summed E-state index contributed by atoms with van der Waals surface area (Å²) in [5, 5.41) is 23.5. The first-order valence-electron chi connectivity index (χ1n) is 9.95. The molecule has 0 saturated carbocycles. The Morgan fingerprint density at radius 1 is 1.25 bits per heavy atom. The van der Waals surface area contributed by atoms with E-state index in [0.717, 1.165) is 18.7 Å². The number of urea groups is 1. The fraction of sp³-hybridized carbons (Fsp3) is 0.450. The summed E-state index contributed by atoms with van der Waals surface area (Å²) in [6.45, 7) is 5.37. The lowest BCUT2D eigenvalue weighted by Crippen LogP contribution is -2.33. The van der Waals surface area contributed by atoms with E-state index in [4.69, 9.17) is 9.84 Å². The fourth-order valence-corrected chi connectivity index (χ4v) is 3.54. The van der Waals surface area contributed by atoms with E-state index >= 15 is 0 Å². The highest BCUT2D eigenvalue weighted by molar-refractivity contribution is 7.11. The molecule has 0 atom stereocenters. The molecule has 0 aliphatic carbocycles. The Morgan fingerprint density at radius 2 is 2.00 bits per heavy atom. The third kappa shape index (κ3) is 7.11. The molecule has 0 bridgehead atoms. The first-order chi connectivity index (χ1) is 15.3. The van der Waals surface area contributed by atoms with E-state index in [-0.39, 0.29) is 34.2 Å². The summed E-state index contributed by atoms with van der Waals surface area (Å²) in [6.07, 6.45) is 0.642. The number of nitrogens with one attached hydrogen (secondary N) is 2. The second-order valence-electron chi connectivity index (χ2n) is 6.87. The summed E-state index contributed by atoms with van der Waals surface area (Å²) in [6, 6.07) is 1.39. The second kappa shape index (κ2) is 12.3. The summed E-state index contributed by atoms with van der Waals surface area (Å²) in [5.74, 6) is -2.99. The van der Waals surface area contributed by atoms with Gasteiger partial charge in [-0.2, -0.15) is 4.37 Å². The van der Waals surface area contributed by atoms with E-state index < -0.39 is 30.2 Å². The van der Waals surface area contributed by atoms with Gasteiger partial charge in [-0.05, 0) is 55.7 Å². The van der Waals surface area contributed by atoms with Crippen LogP contribution in [-0.2, 0) is 6.61 Å². The molecule has 0 saturated heterocycles.